The minimum atomic E-state index is 0.594. The minimum Gasteiger partial charge on any atom is -0.0958 e. The molecule has 0 saturated heterocycles. The van der Waals surface area contributed by atoms with Gasteiger partial charge in [-0.1, -0.05) is 42.4 Å². The predicted octanol–water partition coefficient (Wildman–Crippen LogP) is 6.70. The van der Waals surface area contributed by atoms with E-state index in [-0.39, 0.29) is 0 Å². The van der Waals surface area contributed by atoms with Crippen molar-refractivity contribution in [1.82, 2.24) is 0 Å². The van der Waals surface area contributed by atoms with Crippen LogP contribution in [0.1, 0.15) is 72.1 Å². The van der Waals surface area contributed by atoms with Gasteiger partial charge in [-0.3, -0.25) is 0 Å². The monoisotopic (exact) mass is 310 g/mol. The zero-order valence-corrected chi connectivity index (χ0v) is 15.4. The van der Waals surface area contributed by atoms with Crippen molar-refractivity contribution in [2.24, 2.45) is 35.0 Å². The van der Waals surface area contributed by atoms with Crippen molar-refractivity contribution >= 4 is 0 Å². The first kappa shape index (κ1) is 15.7. The second-order valence-electron chi connectivity index (χ2n) is 9.20. The third-order valence-electron chi connectivity index (χ3n) is 8.42. The molecule has 0 amide bonds. The van der Waals surface area contributed by atoms with Gasteiger partial charge in [0.1, 0.15) is 0 Å². The van der Waals surface area contributed by atoms with Gasteiger partial charge in [0.05, 0.1) is 0 Å². The van der Waals surface area contributed by atoms with E-state index in [0.29, 0.717) is 5.41 Å². The zero-order chi connectivity index (χ0) is 16.2. The van der Waals surface area contributed by atoms with E-state index in [4.69, 9.17) is 0 Å². The van der Waals surface area contributed by atoms with Crippen LogP contribution in [0.4, 0.5) is 0 Å². The summed E-state index contributed by atoms with van der Waals surface area (Å²) in [5.41, 5.74) is 5.42. The molecule has 4 aliphatic rings. The maximum atomic E-state index is 4.23. The van der Waals surface area contributed by atoms with Crippen molar-refractivity contribution in [3.05, 3.63) is 35.5 Å². The molecule has 0 aromatic heterocycles. The van der Waals surface area contributed by atoms with E-state index < -0.39 is 0 Å². The highest BCUT2D eigenvalue weighted by molar-refractivity contribution is 5.29. The molecular formula is C23H34. The van der Waals surface area contributed by atoms with Crippen molar-refractivity contribution in [3.63, 3.8) is 0 Å². The Morgan fingerprint density at radius 3 is 2.74 bits per heavy atom. The fourth-order valence-electron chi connectivity index (χ4n) is 7.23. The number of fused-ring (bicyclic) bond motifs is 5. The molecule has 3 saturated carbocycles. The van der Waals surface area contributed by atoms with Crippen molar-refractivity contribution in [2.45, 2.75) is 72.1 Å². The zero-order valence-electron chi connectivity index (χ0n) is 15.4. The van der Waals surface area contributed by atoms with Gasteiger partial charge in [-0.05, 0) is 100 Å². The second-order valence-corrected chi connectivity index (χ2v) is 9.20. The van der Waals surface area contributed by atoms with Gasteiger partial charge in [0.2, 0.25) is 0 Å². The molecule has 3 fully saturated rings. The van der Waals surface area contributed by atoms with Crippen molar-refractivity contribution in [2.75, 3.05) is 0 Å². The predicted molar refractivity (Wildman–Crippen MR) is 99.1 cm³/mol. The maximum absolute atomic E-state index is 4.23. The van der Waals surface area contributed by atoms with E-state index in [1.807, 2.05) is 0 Å². The molecule has 0 aromatic carbocycles. The van der Waals surface area contributed by atoms with Crippen LogP contribution in [0.2, 0.25) is 0 Å². The molecule has 0 aromatic rings. The van der Waals surface area contributed by atoms with E-state index in [9.17, 15) is 0 Å². The Morgan fingerprint density at radius 1 is 1.13 bits per heavy atom. The molecule has 126 valence electrons. The van der Waals surface area contributed by atoms with E-state index in [1.54, 1.807) is 11.1 Å². The quantitative estimate of drug-likeness (QED) is 0.473. The molecule has 0 unspecified atom stereocenters. The first-order valence-electron chi connectivity index (χ1n) is 10.1. The standard InChI is InChI=1S/C23H34/c1-5-16(3)21-10-11-22-20-9-7-17-14-15(2)6-8-18(17)19(20)12-13-23(21,22)4/h5,14,18-22H,2,6-13H2,1,3-4H3/t18-,19+,20+,21-,22-,23+/m0/s1. The SMILES string of the molecule is C=C1C=C2CC[C@@H]3[C@H](CC[C@]4(C)[C@H](C(C)=CC)CC[C@@H]34)[C@H]2CC1. The summed E-state index contributed by atoms with van der Waals surface area (Å²) in [5.74, 6) is 4.77. The van der Waals surface area contributed by atoms with Gasteiger partial charge in [-0.2, -0.15) is 0 Å². The van der Waals surface area contributed by atoms with Crippen LogP contribution in [0, 0.1) is 35.0 Å². The van der Waals surface area contributed by atoms with Crippen LogP contribution in [0.5, 0.6) is 0 Å². The fraction of sp³-hybridized carbons (Fsp3) is 0.739. The molecule has 0 spiro atoms. The van der Waals surface area contributed by atoms with Gasteiger partial charge >= 0.3 is 0 Å². The molecule has 23 heavy (non-hydrogen) atoms. The van der Waals surface area contributed by atoms with E-state index >= 15 is 0 Å². The van der Waals surface area contributed by atoms with E-state index in [2.05, 4.69) is 39.5 Å². The Bertz CT molecular complexity index is 563. The summed E-state index contributed by atoms with van der Waals surface area (Å²) in [6, 6.07) is 0. The summed E-state index contributed by atoms with van der Waals surface area (Å²) in [6.07, 6.45) is 16.2. The second kappa shape index (κ2) is 5.64. The van der Waals surface area contributed by atoms with Crippen LogP contribution in [0.3, 0.4) is 0 Å². The Labute approximate surface area is 143 Å². The smallest absolute Gasteiger partial charge is 0.0149 e. The Morgan fingerprint density at radius 2 is 1.96 bits per heavy atom. The molecule has 0 nitrogen and oxygen atoms in total. The first-order chi connectivity index (χ1) is 11.0. The third-order valence-corrected chi connectivity index (χ3v) is 8.42. The topological polar surface area (TPSA) is 0 Å². The lowest BCUT2D eigenvalue weighted by Crippen LogP contribution is -2.46. The average molecular weight is 311 g/mol. The average Bonchev–Trinajstić information content (AvgIpc) is 2.90. The van der Waals surface area contributed by atoms with Crippen LogP contribution in [-0.2, 0) is 0 Å². The van der Waals surface area contributed by atoms with Crippen molar-refractivity contribution < 1.29 is 0 Å². The lowest BCUT2D eigenvalue weighted by atomic mass is 9.51. The Hall–Kier alpha value is -0.780. The normalized spacial score (nSPS) is 46.7. The highest BCUT2D eigenvalue weighted by atomic mass is 14.6. The lowest BCUT2D eigenvalue weighted by Gasteiger charge is -2.54. The third kappa shape index (κ3) is 2.31. The number of hydrogen-bond acceptors (Lipinski definition) is 0. The lowest BCUT2D eigenvalue weighted by molar-refractivity contribution is -0.0144. The van der Waals surface area contributed by atoms with E-state index in [0.717, 1.165) is 29.6 Å². The molecule has 4 rings (SSSR count). The summed E-state index contributed by atoms with van der Waals surface area (Å²) >= 11 is 0. The van der Waals surface area contributed by atoms with Gasteiger partial charge in [-0.25, -0.2) is 0 Å². The summed E-state index contributed by atoms with van der Waals surface area (Å²) in [5, 5.41) is 0. The van der Waals surface area contributed by atoms with Gasteiger partial charge < -0.3 is 0 Å². The summed E-state index contributed by atoms with van der Waals surface area (Å²) in [4.78, 5) is 0. The Balaban J connectivity index is 1.61. The van der Waals surface area contributed by atoms with Gasteiger partial charge in [0.15, 0.2) is 0 Å². The highest BCUT2D eigenvalue weighted by Gasteiger charge is 2.56. The summed E-state index contributed by atoms with van der Waals surface area (Å²) in [7, 11) is 0. The molecule has 0 aliphatic heterocycles. The highest BCUT2D eigenvalue weighted by Crippen LogP contribution is 2.64. The fourth-order valence-corrected chi connectivity index (χ4v) is 7.23. The maximum Gasteiger partial charge on any atom is -0.0149 e. The van der Waals surface area contributed by atoms with Gasteiger partial charge in [0.25, 0.3) is 0 Å². The van der Waals surface area contributed by atoms with Crippen molar-refractivity contribution in [3.8, 4) is 0 Å². The van der Waals surface area contributed by atoms with Crippen LogP contribution < -0.4 is 0 Å². The Kier molecular flexibility index (Phi) is 3.86. The van der Waals surface area contributed by atoms with Crippen LogP contribution in [-0.4, -0.2) is 0 Å². The molecule has 0 bridgehead atoms. The van der Waals surface area contributed by atoms with Crippen LogP contribution in [0.25, 0.3) is 0 Å². The molecule has 4 aliphatic carbocycles. The molecule has 6 atom stereocenters. The number of hydrogen-bond donors (Lipinski definition) is 0. The molecule has 0 heteroatoms. The molecular weight excluding hydrogens is 276 g/mol. The summed E-state index contributed by atoms with van der Waals surface area (Å²) in [6.45, 7) is 11.5. The minimum absolute atomic E-state index is 0.594. The van der Waals surface area contributed by atoms with Crippen molar-refractivity contribution in [1.29, 1.82) is 0 Å². The largest absolute Gasteiger partial charge is 0.0958 e. The van der Waals surface area contributed by atoms with Gasteiger partial charge in [-0.15, -0.1) is 0 Å². The number of allylic oxidation sites excluding steroid dienone is 5. The van der Waals surface area contributed by atoms with Gasteiger partial charge in [0, 0.05) is 0 Å². The van der Waals surface area contributed by atoms with Crippen LogP contribution >= 0.6 is 0 Å². The van der Waals surface area contributed by atoms with Crippen LogP contribution in [0.15, 0.2) is 35.5 Å². The number of rotatable bonds is 1. The first-order valence-corrected chi connectivity index (χ1v) is 10.1. The summed E-state index contributed by atoms with van der Waals surface area (Å²) < 4.78 is 0. The molecule has 0 radical (unpaired) electrons. The molecule has 0 heterocycles. The van der Waals surface area contributed by atoms with E-state index in [1.165, 1.54) is 56.9 Å². The molecule has 0 N–H and O–H groups in total.